The van der Waals surface area contributed by atoms with Gasteiger partial charge in [0.25, 0.3) is 0 Å². The van der Waals surface area contributed by atoms with Gasteiger partial charge in [-0.2, -0.15) is 0 Å². The molecule has 0 bridgehead atoms. The van der Waals surface area contributed by atoms with Crippen LogP contribution in [0.4, 0.5) is 0 Å². The summed E-state index contributed by atoms with van der Waals surface area (Å²) in [5.41, 5.74) is 5.11. The second-order valence-corrected chi connectivity index (χ2v) is 3.99. The van der Waals surface area contributed by atoms with E-state index in [2.05, 4.69) is 18.5 Å². The van der Waals surface area contributed by atoms with Gasteiger partial charge in [0.1, 0.15) is 0 Å². The van der Waals surface area contributed by atoms with Gasteiger partial charge in [-0.05, 0) is 43.6 Å². The standard InChI is InChI=1S/C6H11NO.C3H3ClO.C3H9N.ClH.Na.H2O/c1-4-6(8)7-5(2)3;1-2-3(4)5;1-3(2)4;;;/h4-5H,1H2,2-3H3,(H,7,8);2H,1H2;3H,4H2,1-2H3;1H;;1H2/q;;;;+1;/p-1. The molecule has 116 valence electrons. The van der Waals surface area contributed by atoms with E-state index in [1.807, 2.05) is 27.7 Å². The minimum atomic E-state index is -0.509. The monoisotopic (exact) mass is 338 g/mol. The molecular weight excluding hydrogens is 314 g/mol. The topological polar surface area (TPSA) is 102 Å². The van der Waals surface area contributed by atoms with Crippen LogP contribution in [0.2, 0.25) is 0 Å². The fourth-order valence-corrected chi connectivity index (χ4v) is 0.343. The third-order valence-electron chi connectivity index (χ3n) is 0.777. The molecule has 4 N–H and O–H groups in total. The number of halogens is 2. The third-order valence-corrected chi connectivity index (χ3v) is 0.931. The third kappa shape index (κ3) is 80.5. The van der Waals surface area contributed by atoms with Crippen molar-refractivity contribution >= 4 is 35.2 Å². The van der Waals surface area contributed by atoms with Gasteiger partial charge in [0, 0.05) is 6.04 Å². The molecule has 0 heterocycles. The normalized spacial score (nSPS) is 7.00. The summed E-state index contributed by atoms with van der Waals surface area (Å²) in [7, 11) is 0. The Bertz CT molecular complexity index is 248. The first-order chi connectivity index (χ1) is 7.67. The molecular formula is C12H25Cl2N2NaO3. The molecule has 0 aliphatic heterocycles. The van der Waals surface area contributed by atoms with Crippen LogP contribution in [0.25, 0.3) is 0 Å². The van der Waals surface area contributed by atoms with Gasteiger partial charge in [0.05, 0.1) is 0 Å². The molecule has 0 rings (SSSR count). The Morgan fingerprint density at radius 1 is 1.15 bits per heavy atom. The summed E-state index contributed by atoms with van der Waals surface area (Å²) in [4.78, 5) is 19.9. The van der Waals surface area contributed by atoms with Gasteiger partial charge in [0.2, 0.25) is 11.1 Å². The number of carbonyl (C=O) groups is 2. The van der Waals surface area contributed by atoms with Crippen molar-refractivity contribution in [2.45, 2.75) is 39.8 Å². The number of allylic oxidation sites excluding steroid dienone is 1. The molecule has 0 unspecified atom stereocenters. The molecule has 1 amide bonds. The van der Waals surface area contributed by atoms with Crippen LogP contribution in [-0.2, 0) is 9.59 Å². The first-order valence-corrected chi connectivity index (χ1v) is 5.55. The molecule has 0 saturated carbocycles. The molecule has 0 aliphatic rings. The average molecular weight is 339 g/mol. The van der Waals surface area contributed by atoms with Crippen LogP contribution in [0.1, 0.15) is 27.7 Å². The summed E-state index contributed by atoms with van der Waals surface area (Å²) >= 11 is 4.71. The number of hydrogen-bond donors (Lipinski definition) is 2. The van der Waals surface area contributed by atoms with Crippen molar-refractivity contribution in [3.05, 3.63) is 25.3 Å². The van der Waals surface area contributed by atoms with Crippen LogP contribution in [0.5, 0.6) is 0 Å². The fourth-order valence-electron chi connectivity index (χ4n) is 0.343. The van der Waals surface area contributed by atoms with E-state index in [1.54, 1.807) is 0 Å². The van der Waals surface area contributed by atoms with E-state index in [0.717, 1.165) is 6.08 Å². The van der Waals surface area contributed by atoms with E-state index < -0.39 is 5.24 Å². The maximum absolute atomic E-state index is 10.4. The van der Waals surface area contributed by atoms with Crippen molar-refractivity contribution in [3.63, 3.8) is 0 Å². The molecule has 0 saturated heterocycles. The first-order valence-electron chi connectivity index (χ1n) is 5.17. The zero-order valence-corrected chi connectivity index (χ0v) is 16.4. The predicted octanol–water partition coefficient (Wildman–Crippen LogP) is -0.763. The Balaban J connectivity index is -0.0000000363. The zero-order valence-electron chi connectivity index (χ0n) is 12.9. The van der Waals surface area contributed by atoms with Crippen molar-refractivity contribution < 1.29 is 44.6 Å². The number of carbonyl (C=O) groups excluding carboxylic acids is 2. The fraction of sp³-hybridized carbons (Fsp3) is 0.500. The van der Waals surface area contributed by atoms with Crippen LogP contribution in [-0.4, -0.2) is 28.7 Å². The minimum Gasteiger partial charge on any atom is -0.870 e. The number of hydrogen-bond acceptors (Lipinski definition) is 4. The predicted molar refractivity (Wildman–Crippen MR) is 83.0 cm³/mol. The first kappa shape index (κ1) is 36.9. The Kier molecular flexibility index (Phi) is 50.7. The smallest absolute Gasteiger partial charge is 0.870 e. The van der Waals surface area contributed by atoms with E-state index in [9.17, 15) is 9.59 Å². The summed E-state index contributed by atoms with van der Waals surface area (Å²) < 4.78 is 0. The molecule has 0 atom stereocenters. The van der Waals surface area contributed by atoms with E-state index in [1.165, 1.54) is 6.08 Å². The number of amides is 1. The van der Waals surface area contributed by atoms with E-state index in [4.69, 9.17) is 17.3 Å². The van der Waals surface area contributed by atoms with Crippen LogP contribution in [0, 0.1) is 0 Å². The van der Waals surface area contributed by atoms with E-state index >= 15 is 0 Å². The molecule has 0 spiro atoms. The second-order valence-electron chi connectivity index (χ2n) is 3.62. The summed E-state index contributed by atoms with van der Waals surface area (Å²) in [6.07, 6.45) is 2.31. The van der Waals surface area contributed by atoms with Gasteiger partial charge in [-0.1, -0.05) is 27.0 Å². The second kappa shape index (κ2) is 27.5. The molecule has 0 aromatic carbocycles. The molecule has 0 aromatic rings. The molecule has 0 aromatic heterocycles. The summed E-state index contributed by atoms with van der Waals surface area (Å²) in [6, 6.07) is 0.542. The molecule has 8 heteroatoms. The van der Waals surface area contributed by atoms with Crippen molar-refractivity contribution in [2.24, 2.45) is 5.73 Å². The Hall–Kier alpha value is 0.120. The molecule has 0 radical (unpaired) electrons. The summed E-state index contributed by atoms with van der Waals surface area (Å²) in [5.74, 6) is -0.111. The molecule has 20 heavy (non-hydrogen) atoms. The maximum atomic E-state index is 10.4. The summed E-state index contributed by atoms with van der Waals surface area (Å²) in [5, 5.41) is 2.13. The van der Waals surface area contributed by atoms with Gasteiger partial charge < -0.3 is 16.5 Å². The van der Waals surface area contributed by atoms with Gasteiger partial charge >= 0.3 is 29.6 Å². The SMILES string of the molecule is C=CC(=O)Cl.C=CC(=O)NC(C)C.CC(C)N.Cl.[Na+].[OH-]. The van der Waals surface area contributed by atoms with Crippen LogP contribution in [0.3, 0.4) is 0 Å². The van der Waals surface area contributed by atoms with Crippen LogP contribution in [0.15, 0.2) is 25.3 Å². The quantitative estimate of drug-likeness (QED) is 0.401. The molecule has 5 nitrogen and oxygen atoms in total. The van der Waals surface area contributed by atoms with Crippen LogP contribution >= 0.6 is 24.0 Å². The molecule has 0 aliphatic carbocycles. The van der Waals surface area contributed by atoms with Gasteiger partial charge in [-0.25, -0.2) is 0 Å². The largest absolute Gasteiger partial charge is 1.00 e. The van der Waals surface area contributed by atoms with Crippen LogP contribution < -0.4 is 40.6 Å². The van der Waals surface area contributed by atoms with E-state index in [-0.39, 0.29) is 59.4 Å². The summed E-state index contributed by atoms with van der Waals surface area (Å²) in [6.45, 7) is 14.1. The average Bonchev–Trinajstić information content (AvgIpc) is 2.16. The minimum absolute atomic E-state index is 0. The Morgan fingerprint density at radius 2 is 1.40 bits per heavy atom. The maximum Gasteiger partial charge on any atom is 1.00 e. The van der Waals surface area contributed by atoms with Crippen molar-refractivity contribution in [3.8, 4) is 0 Å². The van der Waals surface area contributed by atoms with E-state index in [0.29, 0.717) is 6.04 Å². The number of nitrogens with one attached hydrogen (secondary N) is 1. The number of rotatable bonds is 3. The Labute approximate surface area is 155 Å². The van der Waals surface area contributed by atoms with Gasteiger partial charge in [0.15, 0.2) is 0 Å². The van der Waals surface area contributed by atoms with Gasteiger partial charge in [-0.15, -0.1) is 12.4 Å². The number of nitrogens with two attached hydrogens (primary N) is 1. The van der Waals surface area contributed by atoms with Crippen molar-refractivity contribution in [1.29, 1.82) is 0 Å². The van der Waals surface area contributed by atoms with Crippen molar-refractivity contribution in [1.82, 2.24) is 5.32 Å². The van der Waals surface area contributed by atoms with Crippen molar-refractivity contribution in [2.75, 3.05) is 0 Å². The molecule has 0 fully saturated rings. The Morgan fingerprint density at radius 3 is 1.45 bits per heavy atom. The van der Waals surface area contributed by atoms with Gasteiger partial charge in [-0.3, -0.25) is 9.59 Å². The zero-order chi connectivity index (χ0) is 14.4.